The van der Waals surface area contributed by atoms with Crippen molar-refractivity contribution in [2.24, 2.45) is 0 Å². The summed E-state index contributed by atoms with van der Waals surface area (Å²) in [5.41, 5.74) is 3.74. The number of nitrogens with one attached hydrogen (secondary N) is 1. The molecule has 0 aliphatic carbocycles. The monoisotopic (exact) mass is 349 g/mol. The Hall–Kier alpha value is -1.26. The maximum absolute atomic E-state index is 12.4. The average molecular weight is 350 g/mol. The Labute approximate surface area is 132 Å². The van der Waals surface area contributed by atoms with Gasteiger partial charge in [-0.05, 0) is 65.4 Å². The molecule has 0 spiro atoms. The van der Waals surface area contributed by atoms with Crippen LogP contribution in [-0.2, 0) is 0 Å². The first-order valence-corrected chi connectivity index (χ1v) is 8.26. The van der Waals surface area contributed by atoms with E-state index < -0.39 is 0 Å². The Morgan fingerprint density at radius 1 is 1.20 bits per heavy atom. The molecule has 4 heteroatoms. The summed E-state index contributed by atoms with van der Waals surface area (Å²) < 4.78 is 0.907. The van der Waals surface area contributed by atoms with E-state index in [1.54, 1.807) is 11.8 Å². The van der Waals surface area contributed by atoms with Crippen LogP contribution < -0.4 is 5.32 Å². The number of anilines is 1. The third-order valence-electron chi connectivity index (χ3n) is 3.02. The van der Waals surface area contributed by atoms with Gasteiger partial charge in [0.25, 0.3) is 5.91 Å². The molecular formula is C16H16BrNOS. The highest BCUT2D eigenvalue weighted by Gasteiger charge is 2.13. The fraction of sp³-hybridized carbons (Fsp3) is 0.188. The van der Waals surface area contributed by atoms with E-state index in [1.807, 2.05) is 50.4 Å². The summed E-state index contributed by atoms with van der Waals surface area (Å²) in [4.78, 5) is 13.4. The van der Waals surface area contributed by atoms with Gasteiger partial charge in [0.15, 0.2) is 0 Å². The molecule has 104 valence electrons. The summed E-state index contributed by atoms with van der Waals surface area (Å²) in [5, 5.41) is 3.00. The van der Waals surface area contributed by atoms with E-state index in [9.17, 15) is 4.79 Å². The van der Waals surface area contributed by atoms with Crippen LogP contribution in [0, 0.1) is 13.8 Å². The van der Waals surface area contributed by atoms with Crippen molar-refractivity contribution in [1.29, 1.82) is 0 Å². The van der Waals surface area contributed by atoms with Crippen LogP contribution in [0.5, 0.6) is 0 Å². The Morgan fingerprint density at radius 3 is 2.55 bits per heavy atom. The molecule has 1 amide bonds. The van der Waals surface area contributed by atoms with E-state index in [2.05, 4.69) is 27.3 Å². The predicted molar refractivity (Wildman–Crippen MR) is 89.8 cm³/mol. The first-order chi connectivity index (χ1) is 9.52. The number of halogens is 1. The van der Waals surface area contributed by atoms with Crippen molar-refractivity contribution in [3.05, 3.63) is 57.6 Å². The van der Waals surface area contributed by atoms with Crippen LogP contribution in [0.1, 0.15) is 21.5 Å². The van der Waals surface area contributed by atoms with Gasteiger partial charge in [-0.15, -0.1) is 11.8 Å². The second-order valence-electron chi connectivity index (χ2n) is 4.59. The SMILES string of the molecule is CSc1ccccc1C(=O)Nc1c(C)cc(C)cc1Br. The normalized spacial score (nSPS) is 10.4. The molecule has 0 aliphatic heterocycles. The van der Waals surface area contributed by atoms with Gasteiger partial charge in [0.2, 0.25) is 0 Å². The summed E-state index contributed by atoms with van der Waals surface area (Å²) in [7, 11) is 0. The van der Waals surface area contributed by atoms with Crippen molar-refractivity contribution in [2.45, 2.75) is 18.7 Å². The third kappa shape index (κ3) is 3.25. The molecule has 0 aromatic heterocycles. The van der Waals surface area contributed by atoms with Gasteiger partial charge in [0, 0.05) is 9.37 Å². The van der Waals surface area contributed by atoms with E-state index in [0.717, 1.165) is 26.2 Å². The lowest BCUT2D eigenvalue weighted by molar-refractivity contribution is 0.102. The van der Waals surface area contributed by atoms with Crippen molar-refractivity contribution in [3.63, 3.8) is 0 Å². The molecule has 0 saturated heterocycles. The molecule has 0 radical (unpaired) electrons. The van der Waals surface area contributed by atoms with Crippen LogP contribution in [0.2, 0.25) is 0 Å². The van der Waals surface area contributed by atoms with Crippen LogP contribution in [0.25, 0.3) is 0 Å². The number of amides is 1. The van der Waals surface area contributed by atoms with Crippen LogP contribution in [0.4, 0.5) is 5.69 Å². The van der Waals surface area contributed by atoms with E-state index in [4.69, 9.17) is 0 Å². The van der Waals surface area contributed by atoms with E-state index >= 15 is 0 Å². The minimum Gasteiger partial charge on any atom is -0.321 e. The number of hydrogen-bond donors (Lipinski definition) is 1. The first kappa shape index (κ1) is 15.1. The minimum atomic E-state index is -0.0809. The number of rotatable bonds is 3. The smallest absolute Gasteiger partial charge is 0.256 e. The van der Waals surface area contributed by atoms with Crippen molar-refractivity contribution in [2.75, 3.05) is 11.6 Å². The molecule has 0 aliphatic rings. The summed E-state index contributed by atoms with van der Waals surface area (Å²) >= 11 is 5.09. The van der Waals surface area contributed by atoms with Crippen molar-refractivity contribution in [1.82, 2.24) is 0 Å². The molecule has 20 heavy (non-hydrogen) atoms. The zero-order chi connectivity index (χ0) is 14.7. The number of thioether (sulfide) groups is 1. The second kappa shape index (κ2) is 6.46. The van der Waals surface area contributed by atoms with Gasteiger partial charge in [-0.1, -0.05) is 18.2 Å². The van der Waals surface area contributed by atoms with Gasteiger partial charge in [-0.3, -0.25) is 4.79 Å². The van der Waals surface area contributed by atoms with Gasteiger partial charge in [0.1, 0.15) is 0 Å². The highest BCUT2D eigenvalue weighted by Crippen LogP contribution is 2.29. The average Bonchev–Trinajstić information content (AvgIpc) is 2.42. The van der Waals surface area contributed by atoms with Crippen LogP contribution in [0.3, 0.4) is 0 Å². The molecule has 2 aromatic rings. The zero-order valence-corrected chi connectivity index (χ0v) is 14.1. The first-order valence-electron chi connectivity index (χ1n) is 6.24. The molecule has 2 rings (SSSR count). The number of benzene rings is 2. The molecule has 0 saturated carbocycles. The topological polar surface area (TPSA) is 29.1 Å². The summed E-state index contributed by atoms with van der Waals surface area (Å²) in [6.07, 6.45) is 1.97. The van der Waals surface area contributed by atoms with Crippen LogP contribution in [-0.4, -0.2) is 12.2 Å². The second-order valence-corrected chi connectivity index (χ2v) is 6.30. The molecule has 2 aromatic carbocycles. The highest BCUT2D eigenvalue weighted by molar-refractivity contribution is 9.10. The van der Waals surface area contributed by atoms with Crippen molar-refractivity contribution in [3.8, 4) is 0 Å². The Kier molecular flexibility index (Phi) is 4.89. The summed E-state index contributed by atoms with van der Waals surface area (Å²) in [6, 6.07) is 11.7. The van der Waals surface area contributed by atoms with Crippen molar-refractivity contribution >= 4 is 39.3 Å². The highest BCUT2D eigenvalue weighted by atomic mass is 79.9. The fourth-order valence-electron chi connectivity index (χ4n) is 2.09. The van der Waals surface area contributed by atoms with Crippen molar-refractivity contribution < 1.29 is 4.79 Å². The molecule has 0 bridgehead atoms. The standard InChI is InChI=1S/C16H16BrNOS/c1-10-8-11(2)15(13(17)9-10)18-16(19)12-6-4-5-7-14(12)20-3/h4-9H,1-3H3,(H,18,19). The van der Waals surface area contributed by atoms with Gasteiger partial charge >= 0.3 is 0 Å². The van der Waals surface area contributed by atoms with Gasteiger partial charge in [-0.2, -0.15) is 0 Å². The summed E-state index contributed by atoms with van der Waals surface area (Å²) in [5.74, 6) is -0.0809. The van der Waals surface area contributed by atoms with Crippen LogP contribution in [0.15, 0.2) is 45.8 Å². The van der Waals surface area contributed by atoms with Gasteiger partial charge in [-0.25, -0.2) is 0 Å². The maximum atomic E-state index is 12.4. The minimum absolute atomic E-state index is 0.0809. The zero-order valence-electron chi connectivity index (χ0n) is 11.7. The Morgan fingerprint density at radius 2 is 1.90 bits per heavy atom. The van der Waals surface area contributed by atoms with Gasteiger partial charge in [0.05, 0.1) is 11.3 Å². The molecular weight excluding hydrogens is 334 g/mol. The Bertz CT molecular complexity index is 632. The molecule has 0 heterocycles. The number of carbonyl (C=O) groups is 1. The quantitative estimate of drug-likeness (QED) is 0.786. The largest absolute Gasteiger partial charge is 0.321 e. The molecule has 0 unspecified atom stereocenters. The number of carbonyl (C=O) groups excluding carboxylic acids is 1. The molecule has 2 nitrogen and oxygen atoms in total. The predicted octanol–water partition coefficient (Wildman–Crippen LogP) is 5.04. The van der Waals surface area contributed by atoms with Gasteiger partial charge < -0.3 is 5.32 Å². The maximum Gasteiger partial charge on any atom is 0.256 e. The number of aryl methyl sites for hydroxylation is 2. The lowest BCUT2D eigenvalue weighted by atomic mass is 10.1. The van der Waals surface area contributed by atoms with E-state index in [1.165, 1.54) is 0 Å². The summed E-state index contributed by atoms with van der Waals surface area (Å²) in [6.45, 7) is 4.03. The van der Waals surface area contributed by atoms with E-state index in [-0.39, 0.29) is 5.91 Å². The lowest BCUT2D eigenvalue weighted by Crippen LogP contribution is -2.14. The Balaban J connectivity index is 2.33. The molecule has 1 N–H and O–H groups in total. The lowest BCUT2D eigenvalue weighted by Gasteiger charge is -2.13. The van der Waals surface area contributed by atoms with Crippen LogP contribution >= 0.6 is 27.7 Å². The number of hydrogen-bond acceptors (Lipinski definition) is 2. The fourth-order valence-corrected chi connectivity index (χ4v) is 3.46. The third-order valence-corrected chi connectivity index (χ3v) is 4.44. The molecule has 0 atom stereocenters. The molecule has 0 fully saturated rings. The van der Waals surface area contributed by atoms with E-state index in [0.29, 0.717) is 5.56 Å².